The van der Waals surface area contributed by atoms with Crippen molar-refractivity contribution < 1.29 is 19.4 Å². The Kier molecular flexibility index (Phi) is 5.86. The van der Waals surface area contributed by atoms with Crippen LogP contribution in [-0.4, -0.2) is 30.2 Å². The van der Waals surface area contributed by atoms with Crippen molar-refractivity contribution in [1.29, 1.82) is 0 Å². The maximum absolute atomic E-state index is 11.9. The van der Waals surface area contributed by atoms with Crippen molar-refractivity contribution in [2.75, 3.05) is 7.11 Å². The number of aromatic hydroxyl groups is 1. The molecule has 0 aliphatic carbocycles. The number of benzene rings is 3. The smallest absolute Gasteiger partial charge is 0.329 e. The van der Waals surface area contributed by atoms with E-state index < -0.39 is 11.8 Å². The molecule has 0 radical (unpaired) electrons. The van der Waals surface area contributed by atoms with E-state index in [9.17, 15) is 14.7 Å². The van der Waals surface area contributed by atoms with E-state index in [1.165, 1.54) is 6.21 Å². The molecule has 0 unspecified atom stereocenters. The zero-order valence-corrected chi connectivity index (χ0v) is 15.2. The van der Waals surface area contributed by atoms with E-state index in [4.69, 9.17) is 4.74 Å². The van der Waals surface area contributed by atoms with E-state index in [1.54, 1.807) is 43.5 Å². The van der Waals surface area contributed by atoms with Crippen LogP contribution in [-0.2, 0) is 16.1 Å². The maximum Gasteiger partial charge on any atom is 0.329 e. The quantitative estimate of drug-likeness (QED) is 0.361. The van der Waals surface area contributed by atoms with Crippen LogP contribution in [0.4, 0.5) is 0 Å². The SMILES string of the molecule is COc1ccc(CNC(=O)C(=O)N/N=C\c2c(O)ccc3ccccc23)cc1. The van der Waals surface area contributed by atoms with E-state index in [0.29, 0.717) is 11.3 Å². The predicted octanol–water partition coefficient (Wildman–Crippen LogP) is 2.32. The van der Waals surface area contributed by atoms with Gasteiger partial charge in [0.05, 0.1) is 13.3 Å². The summed E-state index contributed by atoms with van der Waals surface area (Å²) >= 11 is 0. The summed E-state index contributed by atoms with van der Waals surface area (Å²) in [5, 5.41) is 18.0. The standard InChI is InChI=1S/C21H19N3O4/c1-28-16-9-6-14(7-10-16)12-22-20(26)21(27)24-23-13-18-17-5-3-2-4-15(17)8-11-19(18)25/h2-11,13,25H,12H2,1H3,(H,22,26)(H,24,27)/b23-13-. The van der Waals surface area contributed by atoms with Gasteiger partial charge < -0.3 is 15.2 Å². The molecule has 0 saturated heterocycles. The molecule has 0 atom stereocenters. The summed E-state index contributed by atoms with van der Waals surface area (Å²) in [6, 6.07) is 17.9. The van der Waals surface area contributed by atoms with Crippen molar-refractivity contribution in [3.05, 3.63) is 71.8 Å². The Hall–Kier alpha value is -3.87. The first-order valence-electron chi connectivity index (χ1n) is 8.53. The molecular formula is C21H19N3O4. The van der Waals surface area contributed by atoms with Gasteiger partial charge in [-0.3, -0.25) is 9.59 Å². The number of hydrazone groups is 1. The Labute approximate surface area is 161 Å². The fraction of sp³-hybridized carbons (Fsp3) is 0.0952. The van der Waals surface area contributed by atoms with Crippen LogP contribution in [0.25, 0.3) is 10.8 Å². The molecule has 3 rings (SSSR count). The number of nitrogens with zero attached hydrogens (tertiary/aromatic N) is 1. The van der Waals surface area contributed by atoms with Gasteiger partial charge in [-0.15, -0.1) is 0 Å². The number of phenolic OH excluding ortho intramolecular Hbond substituents is 1. The number of carbonyl (C=O) groups excluding carboxylic acids is 2. The molecule has 0 spiro atoms. The van der Waals surface area contributed by atoms with Gasteiger partial charge in [0.2, 0.25) is 0 Å². The third-order valence-corrected chi connectivity index (χ3v) is 4.13. The summed E-state index contributed by atoms with van der Waals surface area (Å²) in [5.74, 6) is -0.973. The summed E-state index contributed by atoms with van der Waals surface area (Å²) in [6.45, 7) is 0.198. The van der Waals surface area contributed by atoms with Gasteiger partial charge in [-0.2, -0.15) is 5.10 Å². The normalized spacial score (nSPS) is 10.8. The second-order valence-corrected chi connectivity index (χ2v) is 5.95. The molecule has 3 N–H and O–H groups in total. The summed E-state index contributed by atoms with van der Waals surface area (Å²) in [6.07, 6.45) is 1.31. The average Bonchev–Trinajstić information content (AvgIpc) is 2.73. The number of hydrogen-bond acceptors (Lipinski definition) is 5. The van der Waals surface area contributed by atoms with Gasteiger partial charge in [-0.05, 0) is 34.5 Å². The molecule has 0 heterocycles. The number of hydrogen-bond donors (Lipinski definition) is 3. The van der Waals surface area contributed by atoms with E-state index in [1.807, 2.05) is 24.3 Å². The molecule has 3 aromatic carbocycles. The second-order valence-electron chi connectivity index (χ2n) is 5.95. The molecule has 0 fully saturated rings. The molecule has 0 aliphatic heterocycles. The van der Waals surface area contributed by atoms with Crippen molar-refractivity contribution in [1.82, 2.24) is 10.7 Å². The number of ether oxygens (including phenoxy) is 1. The van der Waals surface area contributed by atoms with Gasteiger partial charge in [-0.1, -0.05) is 42.5 Å². The second kappa shape index (κ2) is 8.68. The third kappa shape index (κ3) is 4.45. The lowest BCUT2D eigenvalue weighted by atomic mass is 10.0. The minimum absolute atomic E-state index is 0.0284. The molecule has 0 aliphatic rings. The molecule has 142 valence electrons. The average molecular weight is 377 g/mol. The monoisotopic (exact) mass is 377 g/mol. The summed E-state index contributed by atoms with van der Waals surface area (Å²) in [7, 11) is 1.57. The summed E-state index contributed by atoms with van der Waals surface area (Å²) in [4.78, 5) is 23.8. The Balaban J connectivity index is 1.59. The Morgan fingerprint density at radius 3 is 2.54 bits per heavy atom. The lowest BCUT2D eigenvalue weighted by Gasteiger charge is -2.06. The van der Waals surface area contributed by atoms with Crippen molar-refractivity contribution >= 4 is 28.8 Å². The number of methoxy groups -OCH3 is 1. The highest BCUT2D eigenvalue weighted by atomic mass is 16.5. The zero-order chi connectivity index (χ0) is 19.9. The van der Waals surface area contributed by atoms with E-state index in [0.717, 1.165) is 16.3 Å². The molecule has 2 amide bonds. The van der Waals surface area contributed by atoms with E-state index in [-0.39, 0.29) is 12.3 Å². The van der Waals surface area contributed by atoms with Crippen LogP contribution in [0.1, 0.15) is 11.1 Å². The fourth-order valence-electron chi connectivity index (χ4n) is 2.63. The van der Waals surface area contributed by atoms with Gasteiger partial charge in [-0.25, -0.2) is 5.43 Å². The lowest BCUT2D eigenvalue weighted by Crippen LogP contribution is -2.37. The van der Waals surface area contributed by atoms with Crippen molar-refractivity contribution in [2.24, 2.45) is 5.10 Å². The number of carbonyl (C=O) groups is 2. The van der Waals surface area contributed by atoms with Crippen LogP contribution >= 0.6 is 0 Å². The third-order valence-electron chi connectivity index (χ3n) is 4.13. The molecule has 7 nitrogen and oxygen atoms in total. The largest absolute Gasteiger partial charge is 0.507 e. The predicted molar refractivity (Wildman–Crippen MR) is 106 cm³/mol. The first-order chi connectivity index (χ1) is 13.6. The Morgan fingerprint density at radius 2 is 1.79 bits per heavy atom. The summed E-state index contributed by atoms with van der Waals surface area (Å²) in [5.41, 5.74) is 3.45. The maximum atomic E-state index is 11.9. The minimum atomic E-state index is -0.899. The Bertz CT molecular complexity index is 1030. The molecule has 3 aromatic rings. The highest BCUT2D eigenvalue weighted by Gasteiger charge is 2.12. The van der Waals surface area contributed by atoms with Gasteiger partial charge in [0.25, 0.3) is 0 Å². The van der Waals surface area contributed by atoms with Crippen molar-refractivity contribution in [3.8, 4) is 11.5 Å². The van der Waals surface area contributed by atoms with Crippen LogP contribution in [0, 0.1) is 0 Å². The zero-order valence-electron chi connectivity index (χ0n) is 15.2. The topological polar surface area (TPSA) is 100 Å². The first kappa shape index (κ1) is 18.9. The number of rotatable bonds is 5. The van der Waals surface area contributed by atoms with Gasteiger partial charge >= 0.3 is 11.8 Å². The van der Waals surface area contributed by atoms with Crippen molar-refractivity contribution in [3.63, 3.8) is 0 Å². The van der Waals surface area contributed by atoms with Crippen LogP contribution in [0.15, 0.2) is 65.8 Å². The molecular weight excluding hydrogens is 358 g/mol. The number of nitrogens with one attached hydrogen (secondary N) is 2. The molecule has 7 heteroatoms. The molecule has 0 bridgehead atoms. The van der Waals surface area contributed by atoms with E-state index in [2.05, 4.69) is 15.8 Å². The minimum Gasteiger partial charge on any atom is -0.507 e. The van der Waals surface area contributed by atoms with Crippen LogP contribution < -0.4 is 15.5 Å². The van der Waals surface area contributed by atoms with Crippen molar-refractivity contribution in [2.45, 2.75) is 6.54 Å². The highest BCUT2D eigenvalue weighted by Crippen LogP contribution is 2.25. The summed E-state index contributed by atoms with van der Waals surface area (Å²) < 4.78 is 5.06. The number of amides is 2. The van der Waals surface area contributed by atoms with Crippen LogP contribution in [0.5, 0.6) is 11.5 Å². The molecule has 0 saturated carbocycles. The van der Waals surface area contributed by atoms with Gasteiger partial charge in [0, 0.05) is 12.1 Å². The van der Waals surface area contributed by atoms with E-state index >= 15 is 0 Å². The van der Waals surface area contributed by atoms with Crippen LogP contribution in [0.2, 0.25) is 0 Å². The first-order valence-corrected chi connectivity index (χ1v) is 8.53. The highest BCUT2D eigenvalue weighted by molar-refractivity contribution is 6.35. The number of fused-ring (bicyclic) bond motifs is 1. The van der Waals surface area contributed by atoms with Crippen LogP contribution in [0.3, 0.4) is 0 Å². The number of phenols is 1. The van der Waals surface area contributed by atoms with Gasteiger partial charge in [0.1, 0.15) is 11.5 Å². The van der Waals surface area contributed by atoms with Gasteiger partial charge in [0.15, 0.2) is 0 Å². The lowest BCUT2D eigenvalue weighted by molar-refractivity contribution is -0.139. The molecule has 28 heavy (non-hydrogen) atoms. The Morgan fingerprint density at radius 1 is 1.04 bits per heavy atom. The molecule has 0 aromatic heterocycles. The fourth-order valence-corrected chi connectivity index (χ4v) is 2.63.